The van der Waals surface area contributed by atoms with E-state index in [4.69, 9.17) is 16.3 Å². The second kappa shape index (κ2) is 7.90. The molecule has 6 nitrogen and oxygen atoms in total. The lowest BCUT2D eigenvalue weighted by Crippen LogP contribution is -2.48. The van der Waals surface area contributed by atoms with Gasteiger partial charge in [0.2, 0.25) is 0 Å². The van der Waals surface area contributed by atoms with Crippen LogP contribution in [0.25, 0.3) is 0 Å². The quantitative estimate of drug-likeness (QED) is 0.745. The van der Waals surface area contributed by atoms with Crippen molar-refractivity contribution >= 4 is 29.3 Å². The maximum atomic E-state index is 13.5. The summed E-state index contributed by atoms with van der Waals surface area (Å²) < 4.78 is 18.7. The van der Waals surface area contributed by atoms with Gasteiger partial charge < -0.3 is 15.2 Å². The van der Waals surface area contributed by atoms with Gasteiger partial charge in [-0.25, -0.2) is 14.0 Å². The fraction of sp³-hybridized carbons (Fsp3) is 0.200. The van der Waals surface area contributed by atoms with E-state index in [1.54, 1.807) is 26.0 Å². The molecule has 3 rings (SSSR count). The fourth-order valence-electron chi connectivity index (χ4n) is 3.07. The summed E-state index contributed by atoms with van der Waals surface area (Å²) in [5.41, 5.74) is 1.48. The van der Waals surface area contributed by atoms with Crippen molar-refractivity contribution in [3.63, 3.8) is 0 Å². The van der Waals surface area contributed by atoms with Gasteiger partial charge in [0.1, 0.15) is 11.6 Å². The molecule has 2 aromatic carbocycles. The van der Waals surface area contributed by atoms with Crippen LogP contribution in [-0.4, -0.2) is 23.7 Å². The first-order chi connectivity index (χ1) is 13.3. The number of phenolic OH excluding ortho intramolecular Hbond substituents is 1. The highest BCUT2D eigenvalue weighted by atomic mass is 35.5. The topological polar surface area (TPSA) is 78.9 Å². The molecule has 1 aliphatic rings. The van der Waals surface area contributed by atoms with Crippen molar-refractivity contribution in [3.8, 4) is 5.75 Å². The maximum absolute atomic E-state index is 13.5. The average molecular weight is 405 g/mol. The number of allylic oxidation sites excluding steroid dienone is 1. The summed E-state index contributed by atoms with van der Waals surface area (Å²) in [5.74, 6) is -1.14. The first-order valence-electron chi connectivity index (χ1n) is 8.56. The van der Waals surface area contributed by atoms with Crippen LogP contribution in [-0.2, 0) is 9.53 Å². The number of urea groups is 1. The number of nitrogens with zero attached hydrogens (tertiary/aromatic N) is 1. The van der Waals surface area contributed by atoms with Crippen molar-refractivity contribution in [2.24, 2.45) is 0 Å². The minimum Gasteiger partial charge on any atom is -0.508 e. The second-order valence-electron chi connectivity index (χ2n) is 6.13. The number of carbonyl (C=O) groups is 2. The molecule has 28 heavy (non-hydrogen) atoms. The second-order valence-corrected chi connectivity index (χ2v) is 6.53. The van der Waals surface area contributed by atoms with Crippen molar-refractivity contribution in [2.75, 3.05) is 11.5 Å². The van der Waals surface area contributed by atoms with Crippen LogP contribution in [0.3, 0.4) is 0 Å². The van der Waals surface area contributed by atoms with Crippen LogP contribution in [0.15, 0.2) is 53.7 Å². The Morgan fingerprint density at radius 1 is 1.29 bits per heavy atom. The van der Waals surface area contributed by atoms with E-state index in [1.165, 1.54) is 29.2 Å². The number of hydrogen-bond acceptors (Lipinski definition) is 4. The lowest BCUT2D eigenvalue weighted by atomic mass is 9.94. The zero-order valence-corrected chi connectivity index (χ0v) is 16.0. The Morgan fingerprint density at radius 3 is 2.57 bits per heavy atom. The third kappa shape index (κ3) is 3.66. The number of rotatable bonds is 4. The average Bonchev–Trinajstić information content (AvgIpc) is 2.65. The van der Waals surface area contributed by atoms with Crippen molar-refractivity contribution < 1.29 is 23.8 Å². The number of benzene rings is 2. The van der Waals surface area contributed by atoms with E-state index in [0.717, 1.165) is 6.07 Å². The molecule has 1 atom stereocenters. The Labute approximate surface area is 166 Å². The monoisotopic (exact) mass is 404 g/mol. The van der Waals surface area contributed by atoms with Gasteiger partial charge >= 0.3 is 12.0 Å². The Bertz CT molecular complexity index is 959. The molecular weight excluding hydrogens is 387 g/mol. The number of anilines is 1. The van der Waals surface area contributed by atoms with Gasteiger partial charge in [-0.05, 0) is 49.7 Å². The highest BCUT2D eigenvalue weighted by Gasteiger charge is 2.37. The largest absolute Gasteiger partial charge is 0.508 e. The molecule has 1 aliphatic heterocycles. The van der Waals surface area contributed by atoms with Gasteiger partial charge in [0.25, 0.3) is 0 Å². The predicted molar refractivity (Wildman–Crippen MR) is 103 cm³/mol. The third-order valence-corrected chi connectivity index (χ3v) is 4.66. The molecule has 1 heterocycles. The number of ether oxygens (including phenoxy) is 1. The molecule has 0 saturated carbocycles. The summed E-state index contributed by atoms with van der Waals surface area (Å²) in [6, 6.07) is 8.73. The Kier molecular flexibility index (Phi) is 5.56. The number of halogens is 2. The van der Waals surface area contributed by atoms with Crippen LogP contribution < -0.4 is 10.2 Å². The molecule has 2 N–H and O–H groups in total. The van der Waals surface area contributed by atoms with Crippen LogP contribution >= 0.6 is 11.6 Å². The zero-order valence-electron chi connectivity index (χ0n) is 15.2. The fourth-order valence-corrected chi connectivity index (χ4v) is 3.24. The van der Waals surface area contributed by atoms with Crippen LogP contribution in [0.1, 0.15) is 25.5 Å². The lowest BCUT2D eigenvalue weighted by molar-refractivity contribution is -0.139. The minimum absolute atomic E-state index is 0.0619. The van der Waals surface area contributed by atoms with Crippen LogP contribution in [0, 0.1) is 5.82 Å². The third-order valence-electron chi connectivity index (χ3n) is 4.37. The Hall–Kier alpha value is -3.06. The summed E-state index contributed by atoms with van der Waals surface area (Å²) >= 11 is 5.85. The molecule has 8 heteroatoms. The molecule has 0 bridgehead atoms. The lowest BCUT2D eigenvalue weighted by Gasteiger charge is -2.35. The first-order valence-corrected chi connectivity index (χ1v) is 8.93. The predicted octanol–water partition coefficient (Wildman–Crippen LogP) is 4.29. The molecule has 0 saturated heterocycles. The number of esters is 1. The number of amides is 2. The molecule has 0 spiro atoms. The van der Waals surface area contributed by atoms with Crippen LogP contribution in [0.5, 0.6) is 5.75 Å². The SMILES string of the molecule is CCOC(=O)C1=C(C)N(c2ccc(F)c(Cl)c2)C(=O)NC1c1ccc(O)cc1. The molecule has 2 amide bonds. The highest BCUT2D eigenvalue weighted by molar-refractivity contribution is 6.31. The molecular formula is C20H18ClFN2O4. The van der Waals surface area contributed by atoms with Crippen molar-refractivity contribution in [1.29, 1.82) is 0 Å². The van der Waals surface area contributed by atoms with E-state index < -0.39 is 23.9 Å². The van der Waals surface area contributed by atoms with Gasteiger partial charge in [-0.2, -0.15) is 0 Å². The zero-order chi connectivity index (χ0) is 20.4. The summed E-state index contributed by atoms with van der Waals surface area (Å²) in [7, 11) is 0. The van der Waals surface area contributed by atoms with E-state index in [-0.39, 0.29) is 23.0 Å². The number of aromatic hydroxyl groups is 1. The van der Waals surface area contributed by atoms with Gasteiger partial charge in [-0.3, -0.25) is 4.90 Å². The maximum Gasteiger partial charge on any atom is 0.338 e. The highest BCUT2D eigenvalue weighted by Crippen LogP contribution is 2.35. The van der Waals surface area contributed by atoms with Crippen molar-refractivity contribution in [2.45, 2.75) is 19.9 Å². The summed E-state index contributed by atoms with van der Waals surface area (Å²) in [5, 5.41) is 12.1. The molecule has 0 aromatic heterocycles. The van der Waals surface area contributed by atoms with E-state index in [2.05, 4.69) is 5.32 Å². The number of nitrogens with one attached hydrogen (secondary N) is 1. The first kappa shape index (κ1) is 19.7. The summed E-state index contributed by atoms with van der Waals surface area (Å²) in [6.07, 6.45) is 0. The molecule has 0 aliphatic carbocycles. The molecule has 1 unspecified atom stereocenters. The standard InChI is InChI=1S/C20H18ClFN2O4/c1-3-28-19(26)17-11(2)24(13-6-9-16(22)15(21)10-13)20(27)23-18(17)12-4-7-14(25)8-5-12/h4-10,18,25H,3H2,1-2H3,(H,23,27). The van der Waals surface area contributed by atoms with E-state index in [0.29, 0.717) is 16.9 Å². The molecule has 0 fully saturated rings. The van der Waals surface area contributed by atoms with Gasteiger partial charge in [0, 0.05) is 5.70 Å². The van der Waals surface area contributed by atoms with Crippen LogP contribution in [0.2, 0.25) is 5.02 Å². The van der Waals surface area contributed by atoms with Gasteiger partial charge in [0.05, 0.1) is 28.9 Å². The molecule has 146 valence electrons. The molecule has 2 aromatic rings. The summed E-state index contributed by atoms with van der Waals surface area (Å²) in [6.45, 7) is 3.45. The van der Waals surface area contributed by atoms with E-state index in [1.807, 2.05) is 0 Å². The Balaban J connectivity index is 2.13. The number of phenols is 1. The molecule has 0 radical (unpaired) electrons. The van der Waals surface area contributed by atoms with E-state index in [9.17, 15) is 19.1 Å². The normalized spacial score (nSPS) is 16.8. The minimum atomic E-state index is -0.765. The van der Waals surface area contributed by atoms with Gasteiger partial charge in [-0.1, -0.05) is 23.7 Å². The Morgan fingerprint density at radius 2 is 1.96 bits per heavy atom. The van der Waals surface area contributed by atoms with Gasteiger partial charge in [-0.15, -0.1) is 0 Å². The van der Waals surface area contributed by atoms with Crippen molar-refractivity contribution in [3.05, 3.63) is 70.1 Å². The van der Waals surface area contributed by atoms with Gasteiger partial charge in [0.15, 0.2) is 0 Å². The van der Waals surface area contributed by atoms with E-state index >= 15 is 0 Å². The van der Waals surface area contributed by atoms with Crippen molar-refractivity contribution in [1.82, 2.24) is 5.32 Å². The summed E-state index contributed by atoms with van der Waals surface area (Å²) in [4.78, 5) is 26.7. The van der Waals surface area contributed by atoms with Crippen LogP contribution in [0.4, 0.5) is 14.9 Å². The smallest absolute Gasteiger partial charge is 0.338 e. The number of carbonyl (C=O) groups excluding carboxylic acids is 2. The number of hydrogen-bond donors (Lipinski definition) is 2.